The van der Waals surface area contributed by atoms with E-state index in [1.807, 2.05) is 20.8 Å². The van der Waals surface area contributed by atoms with E-state index in [-0.39, 0.29) is 11.6 Å². The molecule has 0 bridgehead atoms. The van der Waals surface area contributed by atoms with Gasteiger partial charge in [0.2, 0.25) is 0 Å². The Morgan fingerprint density at radius 2 is 1.92 bits per heavy atom. The third kappa shape index (κ3) is 4.85. The van der Waals surface area contributed by atoms with Crippen molar-refractivity contribution in [2.45, 2.75) is 32.0 Å². The summed E-state index contributed by atoms with van der Waals surface area (Å²) in [7, 11) is 4.79. The van der Waals surface area contributed by atoms with Crippen LogP contribution >= 0.6 is 18.5 Å². The molecule has 0 aromatic heterocycles. The molecular formula is C8H16O2P2. The Morgan fingerprint density at radius 1 is 1.50 bits per heavy atom. The van der Waals surface area contributed by atoms with Crippen molar-refractivity contribution in [2.75, 3.05) is 0 Å². The van der Waals surface area contributed by atoms with Gasteiger partial charge in [-0.3, -0.25) is 4.79 Å². The molecule has 4 heteroatoms. The number of rotatable bonds is 2. The summed E-state index contributed by atoms with van der Waals surface area (Å²) in [5.74, 6) is -0.257. The van der Waals surface area contributed by atoms with E-state index < -0.39 is 5.60 Å². The Kier molecular flexibility index (Phi) is 4.37. The first-order valence-corrected chi connectivity index (χ1v) is 4.91. The number of hydrogen-bond acceptors (Lipinski definition) is 2. The molecule has 0 aromatic rings. The second-order valence-corrected chi connectivity index (χ2v) is 4.99. The molecule has 2 nitrogen and oxygen atoms in total. The zero-order chi connectivity index (χ0) is 9.94. The van der Waals surface area contributed by atoms with Gasteiger partial charge >= 0.3 is 5.97 Å². The minimum absolute atomic E-state index is 0.257. The molecule has 0 rings (SSSR count). The van der Waals surface area contributed by atoms with Crippen LogP contribution in [0.2, 0.25) is 0 Å². The number of carbonyl (C=O) groups excluding carboxylic acids is 1. The average Bonchev–Trinajstić information content (AvgIpc) is 1.82. The molecule has 12 heavy (non-hydrogen) atoms. The van der Waals surface area contributed by atoms with E-state index >= 15 is 0 Å². The zero-order valence-electron chi connectivity index (χ0n) is 7.76. The van der Waals surface area contributed by atoms with Crippen LogP contribution in [-0.4, -0.2) is 17.2 Å². The standard InChI is InChI=1S/C8H16O2P2/c1-5(11)6(12)7(9)10-8(2,3)4/h6H,1,11-12H2,2-4H3. The number of esters is 1. The van der Waals surface area contributed by atoms with Crippen molar-refractivity contribution in [1.82, 2.24) is 0 Å². The summed E-state index contributed by atoms with van der Waals surface area (Å²) in [6.07, 6.45) is 0. The van der Waals surface area contributed by atoms with Gasteiger partial charge in [0, 0.05) is 0 Å². The van der Waals surface area contributed by atoms with Gasteiger partial charge in [0.05, 0.1) is 5.66 Å². The summed E-state index contributed by atoms with van der Waals surface area (Å²) >= 11 is 0. The molecule has 0 N–H and O–H groups in total. The molecule has 0 radical (unpaired) electrons. The Morgan fingerprint density at radius 3 is 2.17 bits per heavy atom. The SMILES string of the molecule is C=C(P)C(P)C(=O)OC(C)(C)C. The van der Waals surface area contributed by atoms with E-state index in [2.05, 4.69) is 25.1 Å². The molecule has 0 amide bonds. The fraction of sp³-hybridized carbons (Fsp3) is 0.625. The van der Waals surface area contributed by atoms with Crippen LogP contribution in [0.3, 0.4) is 0 Å². The predicted molar refractivity (Wildman–Crippen MR) is 58.2 cm³/mol. The van der Waals surface area contributed by atoms with Crippen LogP contribution in [0, 0.1) is 0 Å². The lowest BCUT2D eigenvalue weighted by Gasteiger charge is -2.22. The van der Waals surface area contributed by atoms with E-state index in [1.54, 1.807) is 0 Å². The third-order valence-corrected chi connectivity index (χ3v) is 2.50. The van der Waals surface area contributed by atoms with Gasteiger partial charge in [0.1, 0.15) is 5.60 Å². The average molecular weight is 206 g/mol. The topological polar surface area (TPSA) is 26.3 Å². The minimum atomic E-state index is -0.425. The summed E-state index contributed by atoms with van der Waals surface area (Å²) in [4.78, 5) is 11.3. The number of ether oxygens (including phenoxy) is 1. The Bertz CT molecular complexity index is 194. The molecule has 0 saturated carbocycles. The predicted octanol–water partition coefficient (Wildman–Crippen LogP) is 1.96. The normalized spacial score (nSPS) is 13.8. The van der Waals surface area contributed by atoms with Crippen LogP contribution in [0.25, 0.3) is 0 Å². The molecule has 0 aliphatic rings. The van der Waals surface area contributed by atoms with Gasteiger partial charge in [-0.05, 0) is 26.1 Å². The maximum Gasteiger partial charge on any atom is 0.317 e. The highest BCUT2D eigenvalue weighted by Gasteiger charge is 2.21. The second kappa shape index (κ2) is 4.35. The minimum Gasteiger partial charge on any atom is -0.459 e. The van der Waals surface area contributed by atoms with Crippen molar-refractivity contribution in [1.29, 1.82) is 0 Å². The fourth-order valence-electron chi connectivity index (χ4n) is 0.517. The second-order valence-electron chi connectivity index (χ2n) is 3.59. The molecule has 0 aliphatic heterocycles. The molecule has 0 saturated heterocycles. The van der Waals surface area contributed by atoms with E-state index in [4.69, 9.17) is 4.74 Å². The molecule has 3 unspecified atom stereocenters. The van der Waals surface area contributed by atoms with Crippen molar-refractivity contribution < 1.29 is 9.53 Å². The highest BCUT2D eigenvalue weighted by atomic mass is 31.0. The third-order valence-electron chi connectivity index (χ3n) is 1.06. The van der Waals surface area contributed by atoms with Gasteiger partial charge in [0.25, 0.3) is 0 Å². The van der Waals surface area contributed by atoms with Gasteiger partial charge in [-0.25, -0.2) is 0 Å². The van der Waals surface area contributed by atoms with Gasteiger partial charge in [-0.2, -0.15) is 0 Å². The number of carbonyl (C=O) groups is 1. The van der Waals surface area contributed by atoms with Crippen LogP contribution in [0.1, 0.15) is 20.8 Å². The van der Waals surface area contributed by atoms with Crippen LogP contribution < -0.4 is 0 Å². The highest BCUT2D eigenvalue weighted by Crippen LogP contribution is 2.20. The van der Waals surface area contributed by atoms with E-state index in [0.29, 0.717) is 5.31 Å². The maximum absolute atomic E-state index is 11.3. The molecule has 0 spiro atoms. The first-order valence-electron chi connectivity index (χ1n) is 3.67. The van der Waals surface area contributed by atoms with Crippen LogP contribution in [-0.2, 0) is 9.53 Å². The summed E-state index contributed by atoms with van der Waals surface area (Å²) < 4.78 is 5.13. The van der Waals surface area contributed by atoms with Crippen molar-refractivity contribution in [3.05, 3.63) is 11.9 Å². The maximum atomic E-state index is 11.3. The Balaban J connectivity index is 4.15. The molecule has 0 aromatic carbocycles. The lowest BCUT2D eigenvalue weighted by molar-refractivity contribution is -0.153. The molecule has 0 heterocycles. The number of hydrogen-bond donors (Lipinski definition) is 0. The van der Waals surface area contributed by atoms with E-state index in [9.17, 15) is 4.79 Å². The summed E-state index contributed by atoms with van der Waals surface area (Å²) in [6, 6.07) is 0. The Labute approximate surface area is 78.5 Å². The van der Waals surface area contributed by atoms with Gasteiger partial charge in [-0.15, -0.1) is 18.5 Å². The molecule has 0 fully saturated rings. The smallest absolute Gasteiger partial charge is 0.317 e. The zero-order valence-corrected chi connectivity index (χ0v) is 10.1. The van der Waals surface area contributed by atoms with Crippen molar-refractivity contribution in [2.24, 2.45) is 0 Å². The largest absolute Gasteiger partial charge is 0.459 e. The fourth-order valence-corrected chi connectivity index (χ4v) is 0.721. The molecule has 3 atom stereocenters. The van der Waals surface area contributed by atoms with E-state index in [0.717, 1.165) is 0 Å². The van der Waals surface area contributed by atoms with Gasteiger partial charge < -0.3 is 4.74 Å². The van der Waals surface area contributed by atoms with Crippen LogP contribution in [0.4, 0.5) is 0 Å². The quantitative estimate of drug-likeness (QED) is 0.510. The summed E-state index contributed by atoms with van der Waals surface area (Å²) in [5.41, 5.74) is -0.749. The van der Waals surface area contributed by atoms with Crippen molar-refractivity contribution >= 4 is 24.4 Å². The summed E-state index contributed by atoms with van der Waals surface area (Å²) in [6.45, 7) is 9.17. The lowest BCUT2D eigenvalue weighted by atomic mass is 10.2. The monoisotopic (exact) mass is 206 g/mol. The first-order chi connectivity index (χ1) is 5.24. The van der Waals surface area contributed by atoms with Crippen molar-refractivity contribution in [3.63, 3.8) is 0 Å². The first kappa shape index (κ1) is 12.1. The molecule has 70 valence electrons. The van der Waals surface area contributed by atoms with Crippen LogP contribution in [0.5, 0.6) is 0 Å². The van der Waals surface area contributed by atoms with Gasteiger partial charge in [-0.1, -0.05) is 6.58 Å². The molecule has 0 aliphatic carbocycles. The van der Waals surface area contributed by atoms with Crippen LogP contribution in [0.15, 0.2) is 11.9 Å². The highest BCUT2D eigenvalue weighted by molar-refractivity contribution is 7.28. The van der Waals surface area contributed by atoms with E-state index in [1.165, 1.54) is 0 Å². The van der Waals surface area contributed by atoms with Crippen molar-refractivity contribution in [3.8, 4) is 0 Å². The Hall–Kier alpha value is 0.0700. The summed E-state index contributed by atoms with van der Waals surface area (Å²) in [5, 5.41) is 0.717. The van der Waals surface area contributed by atoms with Gasteiger partial charge in [0.15, 0.2) is 0 Å². The molecular weight excluding hydrogens is 190 g/mol. The lowest BCUT2D eigenvalue weighted by Crippen LogP contribution is -2.28.